The van der Waals surface area contributed by atoms with Crippen molar-refractivity contribution in [3.05, 3.63) is 35.1 Å². The van der Waals surface area contributed by atoms with Gasteiger partial charge in [0.05, 0.1) is 11.7 Å². The van der Waals surface area contributed by atoms with Crippen LogP contribution in [0.1, 0.15) is 41.8 Å². The first-order valence-corrected chi connectivity index (χ1v) is 6.49. The van der Waals surface area contributed by atoms with E-state index in [0.29, 0.717) is 11.8 Å². The molecule has 3 heterocycles. The fourth-order valence-corrected chi connectivity index (χ4v) is 2.39. The molecule has 0 radical (unpaired) electrons. The molecular formula is C13H17N5O. The molecule has 0 bridgehead atoms. The third kappa shape index (κ3) is 2.35. The van der Waals surface area contributed by atoms with Crippen molar-refractivity contribution in [1.29, 1.82) is 0 Å². The second-order valence-electron chi connectivity index (χ2n) is 4.94. The van der Waals surface area contributed by atoms with Crippen molar-refractivity contribution in [2.45, 2.75) is 39.8 Å². The molecule has 0 spiro atoms. The Kier molecular flexibility index (Phi) is 3.02. The van der Waals surface area contributed by atoms with Gasteiger partial charge in [0.15, 0.2) is 0 Å². The standard InChI is InChI=1S/C13H17N5O/c1-8(13-17-16-10(3)19-13)18-5-4-11-6-14-9(2)15-12(11)7-18/h6,8H,4-5,7H2,1-3H3/t8-/m1/s1. The Bertz CT molecular complexity index is 594. The van der Waals surface area contributed by atoms with Crippen LogP contribution in [0.25, 0.3) is 0 Å². The number of hydrogen-bond acceptors (Lipinski definition) is 6. The van der Waals surface area contributed by atoms with Gasteiger partial charge in [0, 0.05) is 26.2 Å². The normalized spacial score (nSPS) is 17.2. The summed E-state index contributed by atoms with van der Waals surface area (Å²) in [5, 5.41) is 8.00. The summed E-state index contributed by atoms with van der Waals surface area (Å²) in [5.74, 6) is 2.10. The van der Waals surface area contributed by atoms with E-state index in [1.54, 1.807) is 0 Å². The van der Waals surface area contributed by atoms with Gasteiger partial charge in [-0.2, -0.15) is 0 Å². The third-order valence-electron chi connectivity index (χ3n) is 3.54. The third-order valence-corrected chi connectivity index (χ3v) is 3.54. The zero-order valence-corrected chi connectivity index (χ0v) is 11.4. The average Bonchev–Trinajstić information content (AvgIpc) is 2.83. The molecule has 100 valence electrons. The molecule has 0 aromatic carbocycles. The predicted octanol–water partition coefficient (Wildman–Crippen LogP) is 1.60. The van der Waals surface area contributed by atoms with Crippen LogP contribution in [0.15, 0.2) is 10.6 Å². The second kappa shape index (κ2) is 4.70. The molecule has 0 N–H and O–H groups in total. The van der Waals surface area contributed by atoms with Crippen LogP contribution in [0.2, 0.25) is 0 Å². The molecule has 0 saturated carbocycles. The Morgan fingerprint density at radius 3 is 2.89 bits per heavy atom. The van der Waals surface area contributed by atoms with Crippen molar-refractivity contribution in [2.75, 3.05) is 6.54 Å². The zero-order valence-electron chi connectivity index (χ0n) is 11.4. The Morgan fingerprint density at radius 1 is 1.32 bits per heavy atom. The summed E-state index contributed by atoms with van der Waals surface area (Å²) in [6.45, 7) is 7.59. The van der Waals surface area contributed by atoms with Gasteiger partial charge in [-0.15, -0.1) is 10.2 Å². The Hall–Kier alpha value is -1.82. The van der Waals surface area contributed by atoms with E-state index < -0.39 is 0 Å². The summed E-state index contributed by atoms with van der Waals surface area (Å²) >= 11 is 0. The van der Waals surface area contributed by atoms with E-state index in [0.717, 1.165) is 31.0 Å². The van der Waals surface area contributed by atoms with Crippen molar-refractivity contribution in [3.8, 4) is 0 Å². The van der Waals surface area contributed by atoms with E-state index >= 15 is 0 Å². The number of rotatable bonds is 2. The first kappa shape index (κ1) is 12.2. The molecule has 1 atom stereocenters. The minimum atomic E-state index is 0.115. The van der Waals surface area contributed by atoms with Gasteiger partial charge in [-0.3, -0.25) is 4.90 Å². The molecule has 0 amide bonds. The number of aromatic nitrogens is 4. The molecule has 1 aliphatic rings. The molecule has 6 heteroatoms. The topological polar surface area (TPSA) is 67.9 Å². The van der Waals surface area contributed by atoms with E-state index in [-0.39, 0.29) is 6.04 Å². The fraction of sp³-hybridized carbons (Fsp3) is 0.538. The first-order chi connectivity index (χ1) is 9.13. The Labute approximate surface area is 111 Å². The summed E-state index contributed by atoms with van der Waals surface area (Å²) in [6, 6.07) is 0.115. The van der Waals surface area contributed by atoms with Gasteiger partial charge < -0.3 is 4.42 Å². The van der Waals surface area contributed by atoms with Gasteiger partial charge in [-0.25, -0.2) is 9.97 Å². The van der Waals surface area contributed by atoms with Gasteiger partial charge in [0.1, 0.15) is 5.82 Å². The molecule has 0 fully saturated rings. The highest BCUT2D eigenvalue weighted by molar-refractivity contribution is 5.20. The Morgan fingerprint density at radius 2 is 2.16 bits per heavy atom. The maximum Gasteiger partial charge on any atom is 0.233 e. The predicted molar refractivity (Wildman–Crippen MR) is 68.3 cm³/mol. The summed E-state index contributed by atoms with van der Waals surface area (Å²) in [7, 11) is 0. The van der Waals surface area contributed by atoms with Crippen LogP contribution in [0.4, 0.5) is 0 Å². The molecule has 0 aliphatic carbocycles. The minimum absolute atomic E-state index is 0.115. The van der Waals surface area contributed by atoms with Crippen LogP contribution in [0.5, 0.6) is 0 Å². The summed E-state index contributed by atoms with van der Waals surface area (Å²) in [4.78, 5) is 11.1. The van der Waals surface area contributed by atoms with Crippen LogP contribution in [-0.2, 0) is 13.0 Å². The van der Waals surface area contributed by atoms with Crippen molar-refractivity contribution < 1.29 is 4.42 Å². The monoisotopic (exact) mass is 259 g/mol. The maximum absolute atomic E-state index is 5.51. The summed E-state index contributed by atoms with van der Waals surface area (Å²) in [6.07, 6.45) is 2.91. The molecular weight excluding hydrogens is 242 g/mol. The highest BCUT2D eigenvalue weighted by Gasteiger charge is 2.25. The Balaban J connectivity index is 1.81. The zero-order chi connectivity index (χ0) is 13.4. The lowest BCUT2D eigenvalue weighted by Crippen LogP contribution is -2.34. The average molecular weight is 259 g/mol. The number of nitrogens with zero attached hydrogens (tertiary/aromatic N) is 5. The van der Waals surface area contributed by atoms with Gasteiger partial charge in [0.2, 0.25) is 11.8 Å². The molecule has 1 aliphatic heterocycles. The minimum Gasteiger partial charge on any atom is -0.424 e. The molecule has 19 heavy (non-hydrogen) atoms. The molecule has 0 saturated heterocycles. The van der Waals surface area contributed by atoms with E-state index in [4.69, 9.17) is 4.42 Å². The van der Waals surface area contributed by atoms with Crippen LogP contribution >= 0.6 is 0 Å². The van der Waals surface area contributed by atoms with Gasteiger partial charge in [0.25, 0.3) is 0 Å². The van der Waals surface area contributed by atoms with Crippen LogP contribution in [0, 0.1) is 13.8 Å². The molecule has 6 nitrogen and oxygen atoms in total. The van der Waals surface area contributed by atoms with Gasteiger partial charge in [-0.05, 0) is 25.8 Å². The smallest absolute Gasteiger partial charge is 0.233 e. The number of fused-ring (bicyclic) bond motifs is 1. The molecule has 3 rings (SSSR count). The lowest BCUT2D eigenvalue weighted by Gasteiger charge is -2.31. The van der Waals surface area contributed by atoms with Crippen molar-refractivity contribution in [3.63, 3.8) is 0 Å². The first-order valence-electron chi connectivity index (χ1n) is 6.49. The van der Waals surface area contributed by atoms with Crippen LogP contribution < -0.4 is 0 Å². The van der Waals surface area contributed by atoms with Crippen molar-refractivity contribution >= 4 is 0 Å². The number of hydrogen-bond donors (Lipinski definition) is 0. The van der Waals surface area contributed by atoms with E-state index in [1.807, 2.05) is 20.0 Å². The highest BCUT2D eigenvalue weighted by atomic mass is 16.4. The quantitative estimate of drug-likeness (QED) is 0.816. The largest absolute Gasteiger partial charge is 0.424 e. The van der Waals surface area contributed by atoms with Crippen LogP contribution in [-0.4, -0.2) is 31.6 Å². The molecule has 0 unspecified atom stereocenters. The molecule has 2 aromatic heterocycles. The van der Waals surface area contributed by atoms with Crippen molar-refractivity contribution in [1.82, 2.24) is 25.1 Å². The summed E-state index contributed by atoms with van der Waals surface area (Å²) in [5.41, 5.74) is 2.36. The van der Waals surface area contributed by atoms with E-state index in [1.165, 1.54) is 5.56 Å². The highest BCUT2D eigenvalue weighted by Crippen LogP contribution is 2.25. The fourth-order valence-electron chi connectivity index (χ4n) is 2.39. The maximum atomic E-state index is 5.51. The van der Waals surface area contributed by atoms with E-state index in [2.05, 4.69) is 32.0 Å². The van der Waals surface area contributed by atoms with Gasteiger partial charge in [-0.1, -0.05) is 0 Å². The lowest BCUT2D eigenvalue weighted by molar-refractivity contribution is 0.162. The second-order valence-corrected chi connectivity index (χ2v) is 4.94. The van der Waals surface area contributed by atoms with Gasteiger partial charge >= 0.3 is 0 Å². The molecule has 2 aromatic rings. The number of aryl methyl sites for hydroxylation is 2. The van der Waals surface area contributed by atoms with Crippen LogP contribution in [0.3, 0.4) is 0 Å². The van der Waals surface area contributed by atoms with E-state index in [9.17, 15) is 0 Å². The SMILES string of the molecule is Cc1ncc2c(n1)CN([C@H](C)c1nnc(C)o1)CC2. The van der Waals surface area contributed by atoms with Crippen molar-refractivity contribution in [2.24, 2.45) is 0 Å². The lowest BCUT2D eigenvalue weighted by atomic mass is 10.1. The summed E-state index contributed by atoms with van der Waals surface area (Å²) < 4.78 is 5.51.